The monoisotopic (exact) mass is 582 g/mol. The van der Waals surface area contributed by atoms with E-state index >= 15 is 0 Å². The minimum absolute atomic E-state index is 0.0154. The first-order valence-corrected chi connectivity index (χ1v) is 13.4. The Morgan fingerprint density at radius 1 is 0.658 bits per heavy atom. The van der Waals surface area contributed by atoms with E-state index in [0.29, 0.717) is 24.6 Å². The Hall–Kier alpha value is -2.23. The topological polar surface area (TPSA) is 192 Å². The lowest BCUT2D eigenvalue weighted by Crippen LogP contribution is -2.47. The maximum Gasteiger partial charge on any atom is 0.508 e. The van der Waals surface area contributed by atoms with Crippen LogP contribution in [0.15, 0.2) is 0 Å². The molecule has 0 bridgehead atoms. The van der Waals surface area contributed by atoms with Crippen molar-refractivity contribution in [1.82, 2.24) is 21.3 Å². The number of amides is 4. The predicted molar refractivity (Wildman–Crippen MR) is 146 cm³/mol. The molecule has 2 atom stereocenters. The second-order valence-electron chi connectivity index (χ2n) is 9.84. The smallest absolute Gasteiger partial charge is 0.434 e. The highest BCUT2D eigenvalue weighted by Crippen LogP contribution is 2.24. The number of rotatable bonds is 18. The molecular weight excluding hydrogens is 540 g/mol. The van der Waals surface area contributed by atoms with Crippen LogP contribution in [0.25, 0.3) is 0 Å². The van der Waals surface area contributed by atoms with Crippen LogP contribution in [0.3, 0.4) is 0 Å². The molecule has 0 radical (unpaired) electrons. The van der Waals surface area contributed by atoms with Gasteiger partial charge in [-0.1, -0.05) is 27.7 Å². The first-order chi connectivity index (χ1) is 17.7. The Kier molecular flexibility index (Phi) is 17.1. The molecule has 0 fully saturated rings. The molecule has 0 aliphatic heterocycles. The molecule has 0 aromatic rings. The van der Waals surface area contributed by atoms with Crippen molar-refractivity contribution in [2.45, 2.75) is 52.7 Å². The van der Waals surface area contributed by atoms with Crippen LogP contribution in [0.2, 0.25) is 0 Å². The maximum absolute atomic E-state index is 12.2. The van der Waals surface area contributed by atoms with E-state index in [-0.39, 0.29) is 51.0 Å². The minimum Gasteiger partial charge on any atom is -0.434 e. The van der Waals surface area contributed by atoms with Crippen molar-refractivity contribution in [2.75, 3.05) is 50.9 Å². The van der Waals surface area contributed by atoms with Gasteiger partial charge in [-0.25, -0.2) is 4.79 Å². The fraction of sp³-hybridized carbons (Fsp3) is 0.783. The first-order valence-electron chi connectivity index (χ1n) is 12.1. The summed E-state index contributed by atoms with van der Waals surface area (Å²) in [5, 5.41) is 30.8. The third kappa shape index (κ3) is 14.6. The molecule has 6 N–H and O–H groups in total. The number of thiol groups is 2. The maximum atomic E-state index is 12.2. The highest BCUT2D eigenvalue weighted by Gasteiger charge is 2.37. The molecule has 2 unspecified atom stereocenters. The van der Waals surface area contributed by atoms with E-state index in [1.54, 1.807) is 0 Å². The molecule has 0 aromatic carbocycles. The van der Waals surface area contributed by atoms with Gasteiger partial charge in [0.2, 0.25) is 23.6 Å². The second kappa shape index (κ2) is 18.1. The van der Waals surface area contributed by atoms with E-state index < -0.39 is 41.0 Å². The number of ether oxygens (including phenoxy) is 2. The Balaban J connectivity index is 4.51. The lowest BCUT2D eigenvalue weighted by molar-refractivity contribution is -0.138. The number of hydrogen-bond donors (Lipinski definition) is 8. The number of carbonyl (C=O) groups excluding carboxylic acids is 5. The standard InChI is InChI=1S/C23H42N4O9S2/c1-22(2,17(30)19(32)26-7-5-15(28)24-9-11-37)13-35-21(34)36-14-23(3,4)18(31)20(33)27-8-6-16(29)25-10-12-38/h17-18,30-31,37-38H,5-14H2,1-4H3,(H,24,28)(H,25,29)(H,26,32)(H,27,33). The summed E-state index contributed by atoms with van der Waals surface area (Å²) in [7, 11) is 0. The van der Waals surface area contributed by atoms with Gasteiger partial charge in [0.25, 0.3) is 0 Å². The summed E-state index contributed by atoms with van der Waals surface area (Å²) in [5.74, 6) is -1.03. The number of carbonyl (C=O) groups is 5. The molecule has 0 aliphatic carbocycles. The van der Waals surface area contributed by atoms with E-state index in [4.69, 9.17) is 9.47 Å². The van der Waals surface area contributed by atoms with Crippen LogP contribution in [0.1, 0.15) is 40.5 Å². The van der Waals surface area contributed by atoms with Crippen LogP contribution in [-0.4, -0.2) is 103 Å². The molecule has 0 aliphatic rings. The third-order valence-corrected chi connectivity index (χ3v) is 5.72. The summed E-state index contributed by atoms with van der Waals surface area (Å²) in [6.07, 6.45) is -4.15. The number of aliphatic hydroxyl groups is 2. The van der Waals surface area contributed by atoms with Crippen LogP contribution >= 0.6 is 25.3 Å². The molecule has 38 heavy (non-hydrogen) atoms. The second-order valence-corrected chi connectivity index (χ2v) is 10.7. The van der Waals surface area contributed by atoms with Crippen molar-refractivity contribution < 1.29 is 43.7 Å². The van der Waals surface area contributed by atoms with Crippen molar-refractivity contribution in [3.8, 4) is 0 Å². The molecule has 0 aromatic heterocycles. The van der Waals surface area contributed by atoms with E-state index in [1.807, 2.05) is 0 Å². The molecule has 0 saturated carbocycles. The van der Waals surface area contributed by atoms with Crippen molar-refractivity contribution in [1.29, 1.82) is 0 Å². The van der Waals surface area contributed by atoms with Crippen LogP contribution in [0.5, 0.6) is 0 Å². The van der Waals surface area contributed by atoms with Gasteiger partial charge in [0.15, 0.2) is 0 Å². The average Bonchev–Trinajstić information content (AvgIpc) is 2.87. The van der Waals surface area contributed by atoms with Crippen LogP contribution < -0.4 is 21.3 Å². The summed E-state index contributed by atoms with van der Waals surface area (Å²) < 4.78 is 10.0. The van der Waals surface area contributed by atoms with Gasteiger partial charge in [-0.2, -0.15) is 25.3 Å². The Bertz CT molecular complexity index is 735. The zero-order valence-corrected chi connectivity index (χ0v) is 24.2. The highest BCUT2D eigenvalue weighted by atomic mass is 32.1. The summed E-state index contributed by atoms with van der Waals surface area (Å²) in [6, 6.07) is 0. The van der Waals surface area contributed by atoms with Gasteiger partial charge in [-0.3, -0.25) is 19.2 Å². The van der Waals surface area contributed by atoms with E-state index in [0.717, 1.165) is 0 Å². The molecule has 4 amide bonds. The Morgan fingerprint density at radius 3 is 1.32 bits per heavy atom. The fourth-order valence-corrected chi connectivity index (χ4v) is 2.98. The lowest BCUT2D eigenvalue weighted by Gasteiger charge is -2.30. The minimum atomic E-state index is -1.54. The molecule has 13 nitrogen and oxygen atoms in total. The van der Waals surface area contributed by atoms with E-state index in [9.17, 15) is 34.2 Å². The summed E-state index contributed by atoms with van der Waals surface area (Å²) in [6.45, 7) is 6.09. The number of hydrogen-bond acceptors (Lipinski definition) is 11. The van der Waals surface area contributed by atoms with E-state index in [1.165, 1.54) is 27.7 Å². The molecular formula is C23H42N4O9S2. The van der Waals surface area contributed by atoms with Gasteiger partial charge >= 0.3 is 6.16 Å². The van der Waals surface area contributed by atoms with Crippen LogP contribution in [0.4, 0.5) is 4.79 Å². The van der Waals surface area contributed by atoms with Gasteiger partial charge in [0.05, 0.1) is 0 Å². The average molecular weight is 583 g/mol. The predicted octanol–water partition coefficient (Wildman–Crippen LogP) is -0.982. The first kappa shape index (κ1) is 35.8. The third-order valence-electron chi connectivity index (χ3n) is 5.27. The molecule has 0 heterocycles. The van der Waals surface area contributed by atoms with Gasteiger partial charge in [-0.05, 0) is 0 Å². The summed E-state index contributed by atoms with van der Waals surface area (Å²) in [5.41, 5.74) is -2.38. The van der Waals surface area contributed by atoms with Crippen LogP contribution in [-0.2, 0) is 28.7 Å². The molecule has 0 saturated heterocycles. The van der Waals surface area contributed by atoms with Gasteiger partial charge in [-0.15, -0.1) is 0 Å². The quantitative estimate of drug-likeness (QED) is 0.0741. The Morgan fingerprint density at radius 2 is 1.00 bits per heavy atom. The number of aliphatic hydroxyl groups excluding tert-OH is 2. The zero-order valence-electron chi connectivity index (χ0n) is 22.4. The van der Waals surface area contributed by atoms with Crippen molar-refractivity contribution in [3.63, 3.8) is 0 Å². The van der Waals surface area contributed by atoms with E-state index in [2.05, 4.69) is 46.5 Å². The highest BCUT2D eigenvalue weighted by molar-refractivity contribution is 7.80. The molecule has 0 rings (SSSR count). The molecule has 220 valence electrons. The van der Waals surface area contributed by atoms with Gasteiger partial charge in [0.1, 0.15) is 25.4 Å². The normalized spacial score (nSPS) is 13.1. The largest absolute Gasteiger partial charge is 0.508 e. The summed E-state index contributed by atoms with van der Waals surface area (Å²) >= 11 is 7.96. The zero-order chi connectivity index (χ0) is 29.4. The summed E-state index contributed by atoms with van der Waals surface area (Å²) in [4.78, 5) is 59.6. The Labute approximate surface area is 234 Å². The van der Waals surface area contributed by atoms with Gasteiger partial charge < -0.3 is 41.0 Å². The molecule has 15 heteroatoms. The molecule has 0 spiro atoms. The SMILES string of the molecule is CC(C)(COC(=O)OCC(C)(C)C(O)C(=O)NCCC(=O)NCCS)C(O)C(=O)NCCC(=O)NCCS. The van der Waals surface area contributed by atoms with Crippen molar-refractivity contribution >= 4 is 55.0 Å². The fourth-order valence-electron chi connectivity index (χ4n) is 2.76. The number of nitrogens with one attached hydrogen (secondary N) is 4. The van der Waals surface area contributed by atoms with Crippen LogP contribution in [0, 0.1) is 10.8 Å². The van der Waals surface area contributed by atoms with Crippen molar-refractivity contribution in [2.24, 2.45) is 10.8 Å². The van der Waals surface area contributed by atoms with Crippen molar-refractivity contribution in [3.05, 3.63) is 0 Å². The lowest BCUT2D eigenvalue weighted by atomic mass is 9.87. The van der Waals surface area contributed by atoms with Gasteiger partial charge in [0, 0.05) is 61.4 Å².